The quantitative estimate of drug-likeness (QED) is 0.525. The maximum Gasteiger partial charge on any atom is 0.293 e. The summed E-state index contributed by atoms with van der Waals surface area (Å²) < 4.78 is 5.57. The van der Waals surface area contributed by atoms with Gasteiger partial charge in [0.1, 0.15) is 5.58 Å². The summed E-state index contributed by atoms with van der Waals surface area (Å²) in [6, 6.07) is 17.0. The van der Waals surface area contributed by atoms with E-state index in [0.29, 0.717) is 15.7 Å². The van der Waals surface area contributed by atoms with E-state index >= 15 is 0 Å². The van der Waals surface area contributed by atoms with E-state index < -0.39 is 0 Å². The summed E-state index contributed by atoms with van der Waals surface area (Å²) in [5.74, 6) is -0.0926. The molecule has 2 aromatic heterocycles. The van der Waals surface area contributed by atoms with Crippen LogP contribution in [0.3, 0.4) is 0 Å². The van der Waals surface area contributed by atoms with Crippen molar-refractivity contribution < 1.29 is 9.21 Å². The van der Waals surface area contributed by atoms with Gasteiger partial charge in [-0.05, 0) is 29.8 Å². The molecule has 4 aromatic rings. The normalized spacial score (nSPS) is 10.9. The van der Waals surface area contributed by atoms with Gasteiger partial charge in [-0.2, -0.15) is 0 Å². The number of nitrogens with zero attached hydrogens (tertiary/aromatic N) is 1. The molecule has 6 heteroatoms. The Morgan fingerprint density at radius 1 is 1.16 bits per heavy atom. The highest BCUT2D eigenvalue weighted by molar-refractivity contribution is 7.15. The Balaban J connectivity index is 1.48. The second kappa shape index (κ2) is 6.70. The van der Waals surface area contributed by atoms with Gasteiger partial charge < -0.3 is 4.42 Å². The third kappa shape index (κ3) is 3.57. The number of hydrogen-bond acceptors (Lipinski definition) is 4. The molecule has 0 spiro atoms. The topological polar surface area (TPSA) is 55.1 Å². The van der Waals surface area contributed by atoms with Gasteiger partial charge in [-0.3, -0.25) is 10.1 Å². The zero-order chi connectivity index (χ0) is 17.2. The third-order valence-corrected chi connectivity index (χ3v) is 4.85. The summed E-state index contributed by atoms with van der Waals surface area (Å²) in [5, 5.41) is 4.73. The molecule has 0 bridgehead atoms. The van der Waals surface area contributed by atoms with E-state index in [1.165, 1.54) is 16.9 Å². The van der Waals surface area contributed by atoms with Crippen molar-refractivity contribution in [2.45, 2.75) is 6.42 Å². The van der Waals surface area contributed by atoms with Crippen LogP contribution in [0, 0.1) is 0 Å². The van der Waals surface area contributed by atoms with Crippen LogP contribution in [-0.4, -0.2) is 10.9 Å². The van der Waals surface area contributed by atoms with Gasteiger partial charge in [0.15, 0.2) is 10.9 Å². The van der Waals surface area contributed by atoms with Gasteiger partial charge >= 0.3 is 0 Å². The number of aromatic nitrogens is 1. The van der Waals surface area contributed by atoms with Crippen molar-refractivity contribution in [3.05, 3.63) is 82.0 Å². The van der Waals surface area contributed by atoms with Crippen LogP contribution in [-0.2, 0) is 6.42 Å². The van der Waals surface area contributed by atoms with Crippen LogP contribution in [0.25, 0.3) is 11.0 Å². The number of furan rings is 1. The molecule has 124 valence electrons. The molecule has 0 aliphatic heterocycles. The summed E-state index contributed by atoms with van der Waals surface area (Å²) in [5.41, 5.74) is 1.83. The average Bonchev–Trinajstić information content (AvgIpc) is 3.22. The molecular weight excluding hydrogens is 356 g/mol. The highest BCUT2D eigenvalue weighted by Crippen LogP contribution is 2.25. The highest BCUT2D eigenvalue weighted by atomic mass is 35.5. The van der Waals surface area contributed by atoms with Gasteiger partial charge in [-0.1, -0.05) is 41.9 Å². The summed E-state index contributed by atoms with van der Waals surface area (Å²) in [4.78, 5) is 17.7. The molecule has 25 heavy (non-hydrogen) atoms. The van der Waals surface area contributed by atoms with E-state index in [9.17, 15) is 4.79 Å². The number of thiazole rings is 1. The van der Waals surface area contributed by atoms with Gasteiger partial charge in [0, 0.05) is 27.9 Å². The average molecular weight is 369 g/mol. The number of fused-ring (bicyclic) bond motifs is 1. The first-order valence-electron chi connectivity index (χ1n) is 7.66. The van der Waals surface area contributed by atoms with E-state index in [1.807, 2.05) is 18.2 Å². The van der Waals surface area contributed by atoms with Crippen LogP contribution < -0.4 is 5.32 Å². The summed E-state index contributed by atoms with van der Waals surface area (Å²) in [7, 11) is 0. The van der Waals surface area contributed by atoms with Gasteiger partial charge in [0.2, 0.25) is 0 Å². The van der Waals surface area contributed by atoms with E-state index in [1.54, 1.807) is 30.5 Å². The molecule has 0 unspecified atom stereocenters. The molecule has 2 heterocycles. The number of halogens is 1. The lowest BCUT2D eigenvalue weighted by molar-refractivity contribution is 0.0998. The first kappa shape index (κ1) is 15.9. The largest absolute Gasteiger partial charge is 0.451 e. The lowest BCUT2D eigenvalue weighted by atomic mass is 10.1. The minimum absolute atomic E-state index is 0.233. The predicted octanol–water partition coefficient (Wildman–Crippen LogP) is 5.39. The Morgan fingerprint density at radius 3 is 2.84 bits per heavy atom. The molecule has 0 aliphatic rings. The second-order valence-electron chi connectivity index (χ2n) is 5.54. The van der Waals surface area contributed by atoms with Crippen LogP contribution in [0.4, 0.5) is 5.13 Å². The van der Waals surface area contributed by atoms with Crippen molar-refractivity contribution >= 4 is 44.9 Å². The Hall–Kier alpha value is -2.63. The maximum absolute atomic E-state index is 12.4. The Labute approximate surface area is 153 Å². The smallest absolute Gasteiger partial charge is 0.293 e. The first-order chi connectivity index (χ1) is 12.2. The van der Waals surface area contributed by atoms with Crippen molar-refractivity contribution in [2.75, 3.05) is 5.32 Å². The molecule has 1 amide bonds. The van der Waals surface area contributed by atoms with E-state index in [-0.39, 0.29) is 11.7 Å². The van der Waals surface area contributed by atoms with Crippen molar-refractivity contribution in [3.63, 3.8) is 0 Å². The van der Waals surface area contributed by atoms with Gasteiger partial charge in [-0.25, -0.2) is 4.98 Å². The monoisotopic (exact) mass is 368 g/mol. The molecule has 0 fully saturated rings. The predicted molar refractivity (Wildman–Crippen MR) is 101 cm³/mol. The minimum atomic E-state index is -0.326. The number of carbonyl (C=O) groups is 1. The van der Waals surface area contributed by atoms with E-state index in [0.717, 1.165) is 16.7 Å². The van der Waals surface area contributed by atoms with Crippen molar-refractivity contribution in [1.82, 2.24) is 4.98 Å². The van der Waals surface area contributed by atoms with Gasteiger partial charge in [-0.15, -0.1) is 11.3 Å². The highest BCUT2D eigenvalue weighted by Gasteiger charge is 2.14. The Bertz CT molecular complexity index is 1040. The fraction of sp³-hybridized carbons (Fsp3) is 0.0526. The molecule has 2 aromatic carbocycles. The SMILES string of the molecule is O=C(Nc1ncc(Cc2ccccc2)s1)c1cc2cc(Cl)ccc2o1. The Morgan fingerprint density at radius 2 is 2.00 bits per heavy atom. The van der Waals surface area contributed by atoms with Gasteiger partial charge in [0.25, 0.3) is 5.91 Å². The molecule has 4 nitrogen and oxygen atoms in total. The fourth-order valence-electron chi connectivity index (χ4n) is 2.53. The lowest BCUT2D eigenvalue weighted by Crippen LogP contribution is -2.10. The zero-order valence-corrected chi connectivity index (χ0v) is 14.6. The molecule has 0 radical (unpaired) electrons. The second-order valence-corrected chi connectivity index (χ2v) is 7.09. The molecule has 4 rings (SSSR count). The minimum Gasteiger partial charge on any atom is -0.451 e. The van der Waals surface area contributed by atoms with Crippen LogP contribution in [0.1, 0.15) is 21.0 Å². The standard InChI is InChI=1S/C19H13ClN2O2S/c20-14-6-7-16-13(9-14)10-17(24-16)18(23)22-19-21-11-15(25-19)8-12-4-2-1-3-5-12/h1-7,9-11H,8H2,(H,21,22,23). The summed E-state index contributed by atoms with van der Waals surface area (Å²) >= 11 is 7.41. The maximum atomic E-state index is 12.4. The fourth-order valence-corrected chi connectivity index (χ4v) is 3.55. The zero-order valence-electron chi connectivity index (χ0n) is 13.0. The first-order valence-corrected chi connectivity index (χ1v) is 8.86. The van der Waals surface area contributed by atoms with Crippen molar-refractivity contribution in [1.29, 1.82) is 0 Å². The number of amides is 1. The Kier molecular flexibility index (Phi) is 4.26. The number of nitrogens with one attached hydrogen (secondary N) is 1. The van der Waals surface area contributed by atoms with Crippen LogP contribution in [0.15, 0.2) is 65.2 Å². The lowest BCUT2D eigenvalue weighted by Gasteiger charge is -1.98. The number of rotatable bonds is 4. The molecule has 0 saturated carbocycles. The van der Waals surface area contributed by atoms with E-state index in [4.69, 9.17) is 16.0 Å². The van der Waals surface area contributed by atoms with Crippen LogP contribution in [0.5, 0.6) is 0 Å². The number of hydrogen-bond donors (Lipinski definition) is 1. The van der Waals surface area contributed by atoms with Crippen LogP contribution >= 0.6 is 22.9 Å². The summed E-state index contributed by atoms with van der Waals surface area (Å²) in [6.07, 6.45) is 2.57. The number of carbonyl (C=O) groups excluding carboxylic acids is 1. The molecule has 1 N–H and O–H groups in total. The number of anilines is 1. The van der Waals surface area contributed by atoms with Crippen molar-refractivity contribution in [2.24, 2.45) is 0 Å². The number of benzene rings is 2. The third-order valence-electron chi connectivity index (χ3n) is 3.70. The van der Waals surface area contributed by atoms with Crippen molar-refractivity contribution in [3.8, 4) is 0 Å². The molecule has 0 saturated heterocycles. The molecular formula is C19H13ClN2O2S. The van der Waals surface area contributed by atoms with Crippen LogP contribution in [0.2, 0.25) is 5.02 Å². The van der Waals surface area contributed by atoms with Gasteiger partial charge in [0.05, 0.1) is 0 Å². The van der Waals surface area contributed by atoms with E-state index in [2.05, 4.69) is 22.4 Å². The molecule has 0 aliphatic carbocycles. The molecule has 0 atom stereocenters. The summed E-state index contributed by atoms with van der Waals surface area (Å²) in [6.45, 7) is 0.